The van der Waals surface area contributed by atoms with Gasteiger partial charge in [0.2, 0.25) is 5.91 Å². The first-order valence-corrected chi connectivity index (χ1v) is 17.6. The standard InChI is InChI=1S/C30H52N2O4S2/c1-2-3-4-5-6-8-11-14-17-24-37-38-25-18-15-12-9-7-10-13-16-19-28(34)31-27(26-33)22-23-32-29(35)20-21-30(32)36/h20-21,26-27H,2-19,22-25H2,1H3,(H,31,34). The second kappa shape index (κ2) is 24.7. The normalized spacial score (nSPS) is 13.9. The maximum Gasteiger partial charge on any atom is 0.253 e. The fourth-order valence-electron chi connectivity index (χ4n) is 4.47. The van der Waals surface area contributed by atoms with Gasteiger partial charge in [-0.3, -0.25) is 19.3 Å². The first-order valence-electron chi connectivity index (χ1n) is 15.1. The van der Waals surface area contributed by atoms with Crippen LogP contribution in [-0.4, -0.2) is 53.0 Å². The molecule has 0 radical (unpaired) electrons. The zero-order valence-corrected chi connectivity index (χ0v) is 25.4. The van der Waals surface area contributed by atoms with Crippen LogP contribution < -0.4 is 5.32 Å². The minimum absolute atomic E-state index is 0.130. The van der Waals surface area contributed by atoms with E-state index < -0.39 is 6.04 Å². The van der Waals surface area contributed by atoms with Crippen LogP contribution in [0.2, 0.25) is 0 Å². The van der Waals surface area contributed by atoms with Crippen LogP contribution in [0.5, 0.6) is 0 Å². The topological polar surface area (TPSA) is 83.6 Å². The molecule has 218 valence electrons. The van der Waals surface area contributed by atoms with Crippen molar-refractivity contribution in [3.05, 3.63) is 12.2 Å². The lowest BCUT2D eigenvalue weighted by Gasteiger charge is -2.17. The van der Waals surface area contributed by atoms with E-state index in [0.717, 1.165) is 24.2 Å². The number of carbonyl (C=O) groups is 4. The minimum atomic E-state index is -0.671. The van der Waals surface area contributed by atoms with Crippen LogP contribution in [0, 0.1) is 0 Å². The highest BCUT2D eigenvalue weighted by Gasteiger charge is 2.24. The lowest BCUT2D eigenvalue weighted by atomic mass is 10.1. The third-order valence-electron chi connectivity index (χ3n) is 6.87. The van der Waals surface area contributed by atoms with Crippen LogP contribution >= 0.6 is 21.6 Å². The molecule has 1 heterocycles. The van der Waals surface area contributed by atoms with Gasteiger partial charge in [0, 0.05) is 36.6 Å². The van der Waals surface area contributed by atoms with Crippen molar-refractivity contribution in [1.82, 2.24) is 10.2 Å². The summed E-state index contributed by atoms with van der Waals surface area (Å²) in [5.74, 6) is 1.67. The van der Waals surface area contributed by atoms with Crippen LogP contribution in [-0.2, 0) is 19.2 Å². The predicted molar refractivity (Wildman–Crippen MR) is 162 cm³/mol. The maximum absolute atomic E-state index is 12.1. The summed E-state index contributed by atoms with van der Waals surface area (Å²) in [6.45, 7) is 2.41. The van der Waals surface area contributed by atoms with Gasteiger partial charge in [0.05, 0.1) is 6.04 Å². The van der Waals surface area contributed by atoms with Gasteiger partial charge < -0.3 is 10.1 Å². The smallest absolute Gasteiger partial charge is 0.253 e. The molecule has 1 unspecified atom stereocenters. The first-order chi connectivity index (χ1) is 18.6. The summed E-state index contributed by atoms with van der Waals surface area (Å²) in [6, 6.07) is -0.671. The van der Waals surface area contributed by atoms with Crippen LogP contribution in [0.25, 0.3) is 0 Å². The van der Waals surface area contributed by atoms with Crippen molar-refractivity contribution in [2.75, 3.05) is 18.1 Å². The molecule has 1 N–H and O–H groups in total. The van der Waals surface area contributed by atoms with Crippen LogP contribution in [0.1, 0.15) is 129 Å². The average Bonchev–Trinajstić information content (AvgIpc) is 3.24. The number of aldehydes is 1. The highest BCUT2D eigenvalue weighted by molar-refractivity contribution is 8.76. The van der Waals surface area contributed by atoms with E-state index in [1.165, 1.54) is 114 Å². The van der Waals surface area contributed by atoms with Crippen molar-refractivity contribution in [2.24, 2.45) is 0 Å². The van der Waals surface area contributed by atoms with E-state index in [4.69, 9.17) is 0 Å². The van der Waals surface area contributed by atoms with Crippen molar-refractivity contribution in [2.45, 2.75) is 135 Å². The molecule has 1 aliphatic heterocycles. The molecule has 1 atom stereocenters. The van der Waals surface area contributed by atoms with Crippen molar-refractivity contribution < 1.29 is 19.2 Å². The number of nitrogens with one attached hydrogen (secondary N) is 1. The van der Waals surface area contributed by atoms with Gasteiger partial charge in [-0.15, -0.1) is 0 Å². The molecule has 6 nitrogen and oxygen atoms in total. The van der Waals surface area contributed by atoms with E-state index in [2.05, 4.69) is 23.0 Å². The van der Waals surface area contributed by atoms with E-state index >= 15 is 0 Å². The highest BCUT2D eigenvalue weighted by Crippen LogP contribution is 2.25. The summed E-state index contributed by atoms with van der Waals surface area (Å²) in [7, 11) is 4.10. The molecule has 8 heteroatoms. The van der Waals surface area contributed by atoms with Crippen molar-refractivity contribution in [3.8, 4) is 0 Å². The van der Waals surface area contributed by atoms with Crippen molar-refractivity contribution >= 4 is 45.6 Å². The number of hydrogen-bond acceptors (Lipinski definition) is 6. The van der Waals surface area contributed by atoms with E-state index in [1.54, 1.807) is 0 Å². The minimum Gasteiger partial charge on any atom is -0.347 e. The van der Waals surface area contributed by atoms with E-state index in [9.17, 15) is 19.2 Å². The summed E-state index contributed by atoms with van der Waals surface area (Å²) >= 11 is 0. The molecule has 0 fully saturated rings. The summed E-state index contributed by atoms with van der Waals surface area (Å²) in [6.07, 6.45) is 25.7. The Morgan fingerprint density at radius 2 is 1.21 bits per heavy atom. The molecule has 0 aromatic carbocycles. The van der Waals surface area contributed by atoms with Crippen molar-refractivity contribution in [3.63, 3.8) is 0 Å². The second-order valence-electron chi connectivity index (χ2n) is 10.3. The van der Waals surface area contributed by atoms with Crippen LogP contribution in [0.3, 0.4) is 0 Å². The Morgan fingerprint density at radius 3 is 1.68 bits per heavy atom. The van der Waals surface area contributed by atoms with Gasteiger partial charge in [0.1, 0.15) is 6.29 Å². The Kier molecular flexibility index (Phi) is 22.6. The van der Waals surface area contributed by atoms with Gasteiger partial charge in [-0.1, -0.05) is 118 Å². The molecular weight excluding hydrogens is 516 g/mol. The summed E-state index contributed by atoms with van der Waals surface area (Å²) < 4.78 is 0. The lowest BCUT2D eigenvalue weighted by Crippen LogP contribution is -2.40. The summed E-state index contributed by atoms with van der Waals surface area (Å²) in [4.78, 5) is 47.6. The van der Waals surface area contributed by atoms with Gasteiger partial charge in [-0.05, 0) is 25.7 Å². The molecule has 0 aliphatic carbocycles. The maximum atomic E-state index is 12.1. The fourth-order valence-corrected chi connectivity index (χ4v) is 6.76. The molecule has 0 saturated heterocycles. The molecule has 0 spiro atoms. The SMILES string of the molecule is CCCCCCCCCCCSSCCCCCCCCCCC(=O)NC(C=O)CCN1C(=O)C=CC1=O. The zero-order valence-electron chi connectivity index (χ0n) is 23.8. The Bertz CT molecular complexity index is 669. The van der Waals surface area contributed by atoms with Gasteiger partial charge in [0.15, 0.2) is 0 Å². The number of hydrogen-bond donors (Lipinski definition) is 1. The quantitative estimate of drug-likeness (QED) is 0.0481. The summed E-state index contributed by atoms with van der Waals surface area (Å²) in [5, 5.41) is 2.70. The third-order valence-corrected chi connectivity index (χ3v) is 9.45. The number of amides is 3. The number of nitrogens with zero attached hydrogens (tertiary/aromatic N) is 1. The lowest BCUT2D eigenvalue weighted by molar-refractivity contribution is -0.137. The molecule has 0 saturated carbocycles. The monoisotopic (exact) mass is 568 g/mol. The molecule has 0 aromatic rings. The number of unbranched alkanes of at least 4 members (excludes halogenated alkanes) is 15. The van der Waals surface area contributed by atoms with Gasteiger partial charge in [-0.25, -0.2) is 0 Å². The third kappa shape index (κ3) is 18.9. The number of carbonyl (C=O) groups excluding carboxylic acids is 4. The Hall–Kier alpha value is -1.28. The second-order valence-corrected chi connectivity index (χ2v) is 13.0. The highest BCUT2D eigenvalue weighted by atomic mass is 33.1. The number of imide groups is 1. The van der Waals surface area contributed by atoms with Gasteiger partial charge >= 0.3 is 0 Å². The molecule has 0 aromatic heterocycles. The molecule has 38 heavy (non-hydrogen) atoms. The molecule has 1 rings (SSSR count). The molecule has 0 bridgehead atoms. The van der Waals surface area contributed by atoms with Gasteiger partial charge in [0.25, 0.3) is 11.8 Å². The zero-order chi connectivity index (χ0) is 27.7. The Morgan fingerprint density at radius 1 is 0.763 bits per heavy atom. The largest absolute Gasteiger partial charge is 0.347 e. The average molecular weight is 569 g/mol. The molecular formula is C30H52N2O4S2. The van der Waals surface area contributed by atoms with Crippen LogP contribution in [0.15, 0.2) is 12.2 Å². The van der Waals surface area contributed by atoms with Gasteiger partial charge in [-0.2, -0.15) is 0 Å². The Balaban J connectivity index is 1.81. The van der Waals surface area contributed by atoms with E-state index in [1.807, 2.05) is 10.8 Å². The van der Waals surface area contributed by atoms with E-state index in [0.29, 0.717) is 12.7 Å². The predicted octanol–water partition coefficient (Wildman–Crippen LogP) is 7.41. The molecule has 3 amide bonds. The molecule has 1 aliphatic rings. The Labute approximate surface area is 239 Å². The number of rotatable bonds is 27. The van der Waals surface area contributed by atoms with Crippen molar-refractivity contribution in [1.29, 1.82) is 0 Å². The van der Waals surface area contributed by atoms with E-state index in [-0.39, 0.29) is 30.7 Å². The first kappa shape index (κ1) is 34.7. The fraction of sp³-hybridized carbons (Fsp3) is 0.800. The summed E-state index contributed by atoms with van der Waals surface area (Å²) in [5.41, 5.74) is 0. The van der Waals surface area contributed by atoms with Crippen LogP contribution in [0.4, 0.5) is 0 Å².